The number of carbonyl (C=O) groups excluding carboxylic acids is 1. The second-order valence-electron chi connectivity index (χ2n) is 6.67. The Labute approximate surface area is 188 Å². The maximum Gasteiger partial charge on any atom is 0.319 e. The average molecular weight is 451 g/mol. The Morgan fingerprint density at radius 2 is 2.03 bits per heavy atom. The predicted octanol–water partition coefficient (Wildman–Crippen LogP) is 3.31. The molecule has 4 rings (SSSR count). The number of amides is 2. The van der Waals surface area contributed by atoms with Crippen LogP contribution in [-0.4, -0.2) is 42.5 Å². The number of hydrogen-bond acceptors (Lipinski definition) is 7. The molecule has 0 unspecified atom stereocenters. The third kappa shape index (κ3) is 5.36. The van der Waals surface area contributed by atoms with Crippen LogP contribution in [0.3, 0.4) is 0 Å². The van der Waals surface area contributed by atoms with E-state index in [1.165, 1.54) is 10.9 Å². The van der Waals surface area contributed by atoms with Gasteiger partial charge in [0.2, 0.25) is 5.95 Å². The lowest BCUT2D eigenvalue weighted by molar-refractivity contribution is 0.225. The van der Waals surface area contributed by atoms with Crippen LogP contribution in [0.1, 0.15) is 11.6 Å². The molecule has 11 heteroatoms. The van der Waals surface area contributed by atoms with Gasteiger partial charge in [-0.05, 0) is 29.8 Å². The first-order valence-electron chi connectivity index (χ1n) is 9.60. The van der Waals surface area contributed by atoms with Gasteiger partial charge in [0.1, 0.15) is 0 Å². The fourth-order valence-corrected chi connectivity index (χ4v) is 3.10. The van der Waals surface area contributed by atoms with Crippen molar-refractivity contribution in [3.63, 3.8) is 0 Å². The van der Waals surface area contributed by atoms with E-state index in [1.807, 2.05) is 6.07 Å². The lowest BCUT2D eigenvalue weighted by Crippen LogP contribution is -2.34. The van der Waals surface area contributed by atoms with E-state index in [0.29, 0.717) is 28.0 Å². The Kier molecular flexibility index (Phi) is 6.54. The van der Waals surface area contributed by atoms with Crippen LogP contribution in [0.25, 0.3) is 5.82 Å². The average Bonchev–Trinajstić information content (AvgIpc) is 3.27. The number of nitrogens with one attached hydrogen (secondary N) is 3. The molecular formula is C21H19ClN8O2. The molecule has 0 aliphatic carbocycles. The van der Waals surface area contributed by atoms with E-state index in [-0.39, 0.29) is 6.61 Å². The maximum atomic E-state index is 12.4. The zero-order valence-electron chi connectivity index (χ0n) is 16.7. The van der Waals surface area contributed by atoms with Crippen LogP contribution in [0, 0.1) is 0 Å². The van der Waals surface area contributed by atoms with Crippen molar-refractivity contribution in [2.24, 2.45) is 0 Å². The fraction of sp³-hybridized carbons (Fsp3) is 0.0952. The zero-order valence-corrected chi connectivity index (χ0v) is 17.4. The number of rotatable bonds is 7. The molecular weight excluding hydrogens is 432 g/mol. The Morgan fingerprint density at radius 3 is 2.81 bits per heavy atom. The summed E-state index contributed by atoms with van der Waals surface area (Å²) < 4.78 is 1.51. The monoisotopic (exact) mass is 450 g/mol. The fourth-order valence-electron chi connectivity index (χ4n) is 2.90. The van der Waals surface area contributed by atoms with Crippen molar-refractivity contribution in [2.45, 2.75) is 6.04 Å². The second-order valence-corrected chi connectivity index (χ2v) is 7.10. The molecule has 32 heavy (non-hydrogen) atoms. The molecule has 1 aromatic carbocycles. The van der Waals surface area contributed by atoms with Crippen LogP contribution in [0.15, 0.2) is 73.4 Å². The SMILES string of the molecule is O=C(Nc1cnn(-c2ccnc(Nc3cccnc3)n2)c1)N[C@H](CO)c1cccc(Cl)c1. The van der Waals surface area contributed by atoms with Crippen molar-refractivity contribution < 1.29 is 9.90 Å². The van der Waals surface area contributed by atoms with E-state index < -0.39 is 12.1 Å². The number of pyridine rings is 1. The second kappa shape index (κ2) is 9.86. The summed E-state index contributed by atoms with van der Waals surface area (Å²) in [6.45, 7) is -0.277. The number of aliphatic hydroxyl groups excluding tert-OH is 1. The van der Waals surface area contributed by atoms with E-state index in [4.69, 9.17) is 11.6 Å². The van der Waals surface area contributed by atoms with Gasteiger partial charge in [-0.15, -0.1) is 0 Å². The number of carbonyl (C=O) groups is 1. The Morgan fingerprint density at radius 1 is 1.12 bits per heavy atom. The van der Waals surface area contributed by atoms with Crippen molar-refractivity contribution in [2.75, 3.05) is 17.2 Å². The van der Waals surface area contributed by atoms with Gasteiger partial charge in [0.25, 0.3) is 0 Å². The molecule has 0 aliphatic rings. The Bertz CT molecular complexity index is 1200. The van der Waals surface area contributed by atoms with Crippen LogP contribution in [0.4, 0.5) is 22.1 Å². The number of aromatic nitrogens is 5. The quantitative estimate of drug-likeness (QED) is 0.340. The molecule has 162 valence electrons. The molecule has 0 fully saturated rings. The summed E-state index contributed by atoms with van der Waals surface area (Å²) in [6.07, 6.45) is 8.04. The Hall–Kier alpha value is -4.02. The number of aliphatic hydroxyl groups is 1. The number of anilines is 3. The molecule has 0 aliphatic heterocycles. The van der Waals surface area contributed by atoms with Crippen molar-refractivity contribution in [1.29, 1.82) is 0 Å². The molecule has 10 nitrogen and oxygen atoms in total. The smallest absolute Gasteiger partial charge is 0.319 e. The lowest BCUT2D eigenvalue weighted by atomic mass is 10.1. The van der Waals surface area contributed by atoms with Gasteiger partial charge >= 0.3 is 6.03 Å². The molecule has 4 N–H and O–H groups in total. The lowest BCUT2D eigenvalue weighted by Gasteiger charge is -2.17. The van der Waals surface area contributed by atoms with Crippen molar-refractivity contribution in [1.82, 2.24) is 30.0 Å². The normalized spacial score (nSPS) is 11.6. The van der Waals surface area contributed by atoms with Crippen LogP contribution < -0.4 is 16.0 Å². The highest BCUT2D eigenvalue weighted by atomic mass is 35.5. The molecule has 2 amide bonds. The number of nitrogens with zero attached hydrogens (tertiary/aromatic N) is 5. The predicted molar refractivity (Wildman–Crippen MR) is 120 cm³/mol. The number of halogens is 1. The third-order valence-corrected chi connectivity index (χ3v) is 4.61. The molecule has 3 heterocycles. The van der Waals surface area contributed by atoms with E-state index in [0.717, 1.165) is 5.69 Å². The number of hydrogen-bond donors (Lipinski definition) is 4. The van der Waals surface area contributed by atoms with Gasteiger partial charge in [0, 0.05) is 23.5 Å². The topological polar surface area (TPSA) is 130 Å². The van der Waals surface area contributed by atoms with E-state index in [2.05, 4.69) is 36.0 Å². The summed E-state index contributed by atoms with van der Waals surface area (Å²) in [5.74, 6) is 0.887. The van der Waals surface area contributed by atoms with Gasteiger partial charge in [0.15, 0.2) is 5.82 Å². The summed E-state index contributed by atoms with van der Waals surface area (Å²) in [4.78, 5) is 25.0. The van der Waals surface area contributed by atoms with Crippen LogP contribution in [0.2, 0.25) is 5.02 Å². The molecule has 0 bridgehead atoms. The molecule has 0 radical (unpaired) electrons. The largest absolute Gasteiger partial charge is 0.394 e. The van der Waals surface area contributed by atoms with Crippen molar-refractivity contribution in [3.8, 4) is 5.82 Å². The molecule has 0 saturated heterocycles. The minimum absolute atomic E-state index is 0.277. The first kappa shape index (κ1) is 21.2. The molecule has 0 spiro atoms. The zero-order chi connectivity index (χ0) is 22.3. The summed E-state index contributed by atoms with van der Waals surface area (Å²) in [7, 11) is 0. The first-order chi connectivity index (χ1) is 15.6. The standard InChI is InChI=1S/C21H19ClN8O2/c22-15-4-1-3-14(9-15)18(13-31)28-21(32)27-17-11-25-30(12-17)19-6-8-24-20(29-19)26-16-5-2-7-23-10-16/h1-12,18,31H,13H2,(H,24,26,29)(H2,27,28,32)/t18-/m1/s1. The molecule has 4 aromatic rings. The van der Waals surface area contributed by atoms with E-state index in [1.54, 1.807) is 61.2 Å². The van der Waals surface area contributed by atoms with E-state index in [9.17, 15) is 9.90 Å². The van der Waals surface area contributed by atoms with Crippen molar-refractivity contribution >= 4 is 35.0 Å². The summed E-state index contributed by atoms with van der Waals surface area (Å²) in [6, 6.07) is 11.2. The number of urea groups is 1. The molecule has 0 saturated carbocycles. The van der Waals surface area contributed by atoms with E-state index >= 15 is 0 Å². The van der Waals surface area contributed by atoms with Gasteiger partial charge in [0.05, 0.1) is 42.6 Å². The van der Waals surface area contributed by atoms with Gasteiger partial charge in [-0.25, -0.2) is 14.5 Å². The van der Waals surface area contributed by atoms with Crippen LogP contribution >= 0.6 is 11.6 Å². The molecule has 3 aromatic heterocycles. The summed E-state index contributed by atoms with van der Waals surface area (Å²) in [5.41, 5.74) is 1.90. The minimum atomic E-state index is -0.605. The third-order valence-electron chi connectivity index (χ3n) is 4.37. The minimum Gasteiger partial charge on any atom is -0.394 e. The maximum absolute atomic E-state index is 12.4. The summed E-state index contributed by atoms with van der Waals surface area (Å²) in [5, 5.41) is 22.9. The summed E-state index contributed by atoms with van der Waals surface area (Å²) >= 11 is 5.99. The first-order valence-corrected chi connectivity index (χ1v) is 9.97. The van der Waals surface area contributed by atoms with Crippen molar-refractivity contribution in [3.05, 3.63) is 84.0 Å². The number of benzene rings is 1. The highest BCUT2D eigenvalue weighted by Gasteiger charge is 2.15. The van der Waals surface area contributed by atoms with Crippen LogP contribution in [0.5, 0.6) is 0 Å². The van der Waals surface area contributed by atoms with Crippen LogP contribution in [-0.2, 0) is 0 Å². The Balaban J connectivity index is 1.41. The molecule has 1 atom stereocenters. The van der Waals surface area contributed by atoms with Gasteiger partial charge in [-0.3, -0.25) is 4.98 Å². The van der Waals surface area contributed by atoms with Gasteiger partial charge in [-0.1, -0.05) is 23.7 Å². The van der Waals surface area contributed by atoms with Gasteiger partial charge < -0.3 is 21.1 Å². The highest BCUT2D eigenvalue weighted by Crippen LogP contribution is 2.18. The highest BCUT2D eigenvalue weighted by molar-refractivity contribution is 6.30. The van der Waals surface area contributed by atoms with Gasteiger partial charge in [-0.2, -0.15) is 10.1 Å².